The average molecular weight is 255 g/mol. The molecule has 0 fully saturated rings. The number of carboxylic acid groups (broad SMARTS) is 1. The van der Waals surface area contributed by atoms with Crippen molar-refractivity contribution in [2.75, 3.05) is 0 Å². The Bertz CT molecular complexity index is 537. The standard InChI is InChI=1S/C11H7F2NO2S/c12-10(13)9-5-8(14-17-9)6-1-3-7(4-2-6)11(15)16/h1-5,10H,(H,15,16). The molecule has 1 aromatic heterocycles. The number of carboxylic acids is 1. The van der Waals surface area contributed by atoms with E-state index in [1.807, 2.05) is 0 Å². The molecule has 0 aliphatic heterocycles. The Hall–Kier alpha value is -1.82. The van der Waals surface area contributed by atoms with E-state index in [2.05, 4.69) is 4.37 Å². The first kappa shape index (κ1) is 11.7. The van der Waals surface area contributed by atoms with Gasteiger partial charge in [-0.05, 0) is 29.7 Å². The van der Waals surface area contributed by atoms with Gasteiger partial charge in [-0.25, -0.2) is 13.6 Å². The van der Waals surface area contributed by atoms with Crippen molar-refractivity contribution in [3.8, 4) is 11.3 Å². The molecular formula is C11H7F2NO2S. The van der Waals surface area contributed by atoms with Crippen LogP contribution in [0.25, 0.3) is 11.3 Å². The van der Waals surface area contributed by atoms with Crippen LogP contribution in [0.5, 0.6) is 0 Å². The zero-order valence-corrected chi connectivity index (χ0v) is 9.25. The molecule has 1 aromatic carbocycles. The predicted molar refractivity (Wildman–Crippen MR) is 59.5 cm³/mol. The number of alkyl halides is 2. The van der Waals surface area contributed by atoms with E-state index in [4.69, 9.17) is 5.11 Å². The molecule has 0 bridgehead atoms. The van der Waals surface area contributed by atoms with Gasteiger partial charge in [0.2, 0.25) is 0 Å². The third-order valence-corrected chi connectivity index (χ3v) is 2.97. The van der Waals surface area contributed by atoms with Crippen LogP contribution in [0.1, 0.15) is 21.7 Å². The summed E-state index contributed by atoms with van der Waals surface area (Å²) >= 11 is 0.747. The zero-order valence-electron chi connectivity index (χ0n) is 8.43. The van der Waals surface area contributed by atoms with Gasteiger partial charge in [-0.3, -0.25) is 0 Å². The number of halogens is 2. The maximum absolute atomic E-state index is 12.4. The van der Waals surface area contributed by atoms with Crippen LogP contribution in [-0.4, -0.2) is 15.4 Å². The van der Waals surface area contributed by atoms with E-state index in [0.29, 0.717) is 11.3 Å². The number of aromatic carboxylic acids is 1. The molecular weight excluding hydrogens is 248 g/mol. The fourth-order valence-corrected chi connectivity index (χ4v) is 1.92. The number of hydrogen-bond acceptors (Lipinski definition) is 3. The molecule has 0 saturated carbocycles. The van der Waals surface area contributed by atoms with E-state index >= 15 is 0 Å². The van der Waals surface area contributed by atoms with Crippen LogP contribution < -0.4 is 0 Å². The van der Waals surface area contributed by atoms with E-state index in [0.717, 1.165) is 11.5 Å². The molecule has 1 N–H and O–H groups in total. The molecule has 1 heterocycles. The lowest BCUT2D eigenvalue weighted by atomic mass is 10.1. The summed E-state index contributed by atoms with van der Waals surface area (Å²) < 4.78 is 28.6. The smallest absolute Gasteiger partial charge is 0.335 e. The third-order valence-electron chi connectivity index (χ3n) is 2.17. The molecule has 6 heteroatoms. The number of aromatic nitrogens is 1. The van der Waals surface area contributed by atoms with Gasteiger partial charge in [0.15, 0.2) is 0 Å². The van der Waals surface area contributed by atoms with E-state index in [1.54, 1.807) is 12.1 Å². The van der Waals surface area contributed by atoms with Crippen LogP contribution in [0, 0.1) is 0 Å². The summed E-state index contributed by atoms with van der Waals surface area (Å²) in [7, 11) is 0. The maximum Gasteiger partial charge on any atom is 0.335 e. The summed E-state index contributed by atoms with van der Waals surface area (Å²) in [5.41, 5.74) is 1.21. The quantitative estimate of drug-likeness (QED) is 0.913. The fraction of sp³-hybridized carbons (Fsp3) is 0.0909. The highest BCUT2D eigenvalue weighted by molar-refractivity contribution is 7.06. The van der Waals surface area contributed by atoms with Crippen molar-refractivity contribution >= 4 is 17.5 Å². The van der Waals surface area contributed by atoms with Crippen LogP contribution in [0.4, 0.5) is 8.78 Å². The first-order valence-electron chi connectivity index (χ1n) is 4.66. The Balaban J connectivity index is 2.30. The molecule has 0 spiro atoms. The van der Waals surface area contributed by atoms with Crippen molar-refractivity contribution in [3.05, 3.63) is 40.8 Å². The first-order valence-corrected chi connectivity index (χ1v) is 5.44. The van der Waals surface area contributed by atoms with E-state index in [-0.39, 0.29) is 10.4 Å². The molecule has 2 rings (SSSR count). The molecule has 0 saturated heterocycles. The van der Waals surface area contributed by atoms with Gasteiger partial charge in [0.25, 0.3) is 6.43 Å². The molecule has 88 valence electrons. The monoisotopic (exact) mass is 255 g/mol. The molecule has 0 atom stereocenters. The largest absolute Gasteiger partial charge is 0.478 e. The van der Waals surface area contributed by atoms with Crippen LogP contribution in [0.2, 0.25) is 0 Å². The fourth-order valence-electron chi connectivity index (χ4n) is 1.31. The Morgan fingerprint density at radius 1 is 1.29 bits per heavy atom. The Labute approximate surface area is 99.5 Å². The minimum Gasteiger partial charge on any atom is -0.478 e. The lowest BCUT2D eigenvalue weighted by Crippen LogP contribution is -1.94. The minimum atomic E-state index is -2.53. The highest BCUT2D eigenvalue weighted by atomic mass is 32.1. The number of benzene rings is 1. The summed E-state index contributed by atoms with van der Waals surface area (Å²) in [6, 6.07) is 7.24. The van der Waals surface area contributed by atoms with E-state index in [1.165, 1.54) is 18.2 Å². The zero-order chi connectivity index (χ0) is 12.4. The van der Waals surface area contributed by atoms with E-state index in [9.17, 15) is 13.6 Å². The van der Waals surface area contributed by atoms with Gasteiger partial charge in [0.1, 0.15) is 0 Å². The summed E-state index contributed by atoms with van der Waals surface area (Å²) in [6.07, 6.45) is -2.53. The highest BCUT2D eigenvalue weighted by Gasteiger charge is 2.13. The molecule has 0 amide bonds. The summed E-state index contributed by atoms with van der Waals surface area (Å²) in [5.74, 6) is -1.02. The van der Waals surface area contributed by atoms with Crippen LogP contribution in [0.15, 0.2) is 30.3 Å². The molecule has 0 unspecified atom stereocenters. The van der Waals surface area contributed by atoms with Crippen molar-refractivity contribution in [2.45, 2.75) is 6.43 Å². The molecule has 3 nitrogen and oxygen atoms in total. The van der Waals surface area contributed by atoms with Gasteiger partial charge in [-0.15, -0.1) is 0 Å². The average Bonchev–Trinajstić information content (AvgIpc) is 2.78. The van der Waals surface area contributed by atoms with Crippen molar-refractivity contribution < 1.29 is 18.7 Å². The van der Waals surface area contributed by atoms with Crippen molar-refractivity contribution in [2.24, 2.45) is 0 Å². The predicted octanol–water partition coefficient (Wildman–Crippen LogP) is 3.45. The SMILES string of the molecule is O=C(O)c1ccc(-c2cc(C(F)F)sn2)cc1. The topological polar surface area (TPSA) is 50.2 Å². The second-order valence-corrected chi connectivity index (χ2v) is 4.13. The lowest BCUT2D eigenvalue weighted by Gasteiger charge is -1.97. The first-order chi connectivity index (χ1) is 8.08. The normalized spacial score (nSPS) is 10.8. The summed E-state index contributed by atoms with van der Waals surface area (Å²) in [4.78, 5) is 10.5. The third kappa shape index (κ3) is 2.47. The number of nitrogens with zero attached hydrogens (tertiary/aromatic N) is 1. The van der Waals surface area contributed by atoms with Crippen LogP contribution in [-0.2, 0) is 0 Å². The number of hydrogen-bond donors (Lipinski definition) is 1. The van der Waals surface area contributed by atoms with Gasteiger partial charge in [0, 0.05) is 5.56 Å². The molecule has 2 aromatic rings. The number of carbonyl (C=O) groups is 1. The minimum absolute atomic E-state index is 0.0951. The second kappa shape index (κ2) is 4.58. The van der Waals surface area contributed by atoms with Gasteiger partial charge in [-0.1, -0.05) is 12.1 Å². The van der Waals surface area contributed by atoms with Gasteiger partial charge < -0.3 is 5.11 Å². The molecule has 17 heavy (non-hydrogen) atoms. The van der Waals surface area contributed by atoms with E-state index < -0.39 is 12.4 Å². The van der Waals surface area contributed by atoms with Gasteiger partial charge in [0.05, 0.1) is 16.1 Å². The van der Waals surface area contributed by atoms with Gasteiger partial charge in [-0.2, -0.15) is 4.37 Å². The van der Waals surface area contributed by atoms with Crippen molar-refractivity contribution in [3.63, 3.8) is 0 Å². The van der Waals surface area contributed by atoms with Crippen molar-refractivity contribution in [1.82, 2.24) is 4.37 Å². The second-order valence-electron chi connectivity index (χ2n) is 3.30. The summed E-state index contributed by atoms with van der Waals surface area (Å²) in [5, 5.41) is 8.71. The Morgan fingerprint density at radius 3 is 2.41 bits per heavy atom. The maximum atomic E-state index is 12.4. The molecule has 0 aliphatic carbocycles. The number of rotatable bonds is 3. The van der Waals surface area contributed by atoms with Crippen LogP contribution in [0.3, 0.4) is 0 Å². The summed E-state index contributed by atoms with van der Waals surface area (Å²) in [6.45, 7) is 0. The van der Waals surface area contributed by atoms with Crippen LogP contribution >= 0.6 is 11.5 Å². The Kier molecular flexibility index (Phi) is 3.14. The Morgan fingerprint density at radius 2 is 1.94 bits per heavy atom. The lowest BCUT2D eigenvalue weighted by molar-refractivity contribution is 0.0697. The van der Waals surface area contributed by atoms with Gasteiger partial charge >= 0.3 is 5.97 Å². The molecule has 0 radical (unpaired) electrons. The molecule has 0 aliphatic rings. The van der Waals surface area contributed by atoms with Crippen molar-refractivity contribution in [1.29, 1.82) is 0 Å². The highest BCUT2D eigenvalue weighted by Crippen LogP contribution is 2.28.